The molecule has 1 fully saturated rings. The van der Waals surface area contributed by atoms with Crippen molar-refractivity contribution in [1.82, 2.24) is 9.88 Å². The predicted octanol–water partition coefficient (Wildman–Crippen LogP) is 4.11. The van der Waals surface area contributed by atoms with Crippen LogP contribution in [0.1, 0.15) is 12.5 Å². The molecule has 1 aromatic heterocycles. The Morgan fingerprint density at radius 1 is 1.17 bits per heavy atom. The summed E-state index contributed by atoms with van der Waals surface area (Å²) < 4.78 is 0. The second-order valence-corrected chi connectivity index (χ2v) is 9.31. The molecule has 0 radical (unpaired) electrons. The highest BCUT2D eigenvalue weighted by atomic mass is 35.5. The van der Waals surface area contributed by atoms with Crippen LogP contribution in [0.25, 0.3) is 0 Å². The first-order valence-corrected chi connectivity index (χ1v) is 11.5. The highest BCUT2D eigenvalue weighted by Crippen LogP contribution is 2.27. The molecule has 6 nitrogen and oxygen atoms in total. The largest absolute Gasteiger partial charge is 0.352 e. The lowest BCUT2D eigenvalue weighted by Crippen LogP contribution is -2.51. The van der Waals surface area contributed by atoms with Crippen molar-refractivity contribution in [2.45, 2.75) is 19.1 Å². The van der Waals surface area contributed by atoms with E-state index in [9.17, 15) is 9.59 Å². The summed E-state index contributed by atoms with van der Waals surface area (Å²) in [5.74, 6) is 0.837. The van der Waals surface area contributed by atoms with E-state index in [1.807, 2.05) is 43.0 Å². The first kappa shape index (κ1) is 22.7. The molecule has 1 atom stereocenters. The molecule has 1 aromatic carbocycles. The Balaban J connectivity index is 1.45. The minimum Gasteiger partial charge on any atom is -0.352 e. The monoisotopic (exact) mass is 466 g/mol. The Hall–Kier alpha value is -1.96. The standard InChI is InChI=1S/C21H24Cl2N4O2S/c1-14-3-5-17(6-4-14)25-19(28)13-30-15(2)21(29)27-9-7-26(8-10-27)20-18(23)11-16(22)12-24-20/h3-6,11-12,15H,7-10,13H2,1-2H3,(H,25,28). The summed E-state index contributed by atoms with van der Waals surface area (Å²) in [6, 6.07) is 9.30. The summed E-state index contributed by atoms with van der Waals surface area (Å²) in [5.41, 5.74) is 1.89. The number of pyridine rings is 1. The van der Waals surface area contributed by atoms with Crippen LogP contribution in [-0.2, 0) is 9.59 Å². The Labute approximate surface area is 190 Å². The zero-order valence-electron chi connectivity index (χ0n) is 16.9. The fourth-order valence-corrected chi connectivity index (χ4v) is 4.41. The number of nitrogens with zero attached hydrogens (tertiary/aromatic N) is 3. The van der Waals surface area contributed by atoms with Crippen LogP contribution in [0.4, 0.5) is 11.5 Å². The number of piperazine rings is 1. The molecule has 2 heterocycles. The fourth-order valence-electron chi connectivity index (χ4n) is 3.14. The fraction of sp³-hybridized carbons (Fsp3) is 0.381. The number of hydrogen-bond donors (Lipinski definition) is 1. The van der Waals surface area contributed by atoms with Gasteiger partial charge in [0.25, 0.3) is 0 Å². The highest BCUT2D eigenvalue weighted by molar-refractivity contribution is 8.01. The molecule has 1 saturated heterocycles. The third kappa shape index (κ3) is 6.03. The summed E-state index contributed by atoms with van der Waals surface area (Å²) >= 11 is 13.5. The van der Waals surface area contributed by atoms with Crippen LogP contribution in [0.3, 0.4) is 0 Å². The highest BCUT2D eigenvalue weighted by Gasteiger charge is 2.27. The van der Waals surface area contributed by atoms with E-state index >= 15 is 0 Å². The van der Waals surface area contributed by atoms with Crippen LogP contribution in [0.15, 0.2) is 36.5 Å². The van der Waals surface area contributed by atoms with Crippen LogP contribution in [0, 0.1) is 6.92 Å². The topological polar surface area (TPSA) is 65.5 Å². The number of anilines is 2. The average Bonchev–Trinajstić information content (AvgIpc) is 2.73. The zero-order valence-corrected chi connectivity index (χ0v) is 19.2. The minimum atomic E-state index is -0.294. The normalized spacial score (nSPS) is 15.1. The molecule has 2 aromatic rings. The summed E-state index contributed by atoms with van der Waals surface area (Å²) in [4.78, 5) is 33.1. The number of amides is 2. The maximum atomic E-state index is 12.8. The number of carbonyl (C=O) groups excluding carboxylic acids is 2. The van der Waals surface area contributed by atoms with Crippen LogP contribution in [-0.4, -0.2) is 58.9 Å². The Morgan fingerprint density at radius 3 is 2.47 bits per heavy atom. The number of hydrogen-bond acceptors (Lipinski definition) is 5. The number of benzene rings is 1. The van der Waals surface area contributed by atoms with E-state index in [0.717, 1.165) is 11.3 Å². The Morgan fingerprint density at radius 2 is 1.83 bits per heavy atom. The van der Waals surface area contributed by atoms with Gasteiger partial charge in [-0.1, -0.05) is 40.9 Å². The minimum absolute atomic E-state index is 0.0398. The van der Waals surface area contributed by atoms with Gasteiger partial charge < -0.3 is 15.1 Å². The van der Waals surface area contributed by atoms with Gasteiger partial charge in [0, 0.05) is 38.1 Å². The number of aromatic nitrogens is 1. The first-order valence-electron chi connectivity index (χ1n) is 9.66. The van der Waals surface area contributed by atoms with Crippen molar-refractivity contribution in [2.24, 2.45) is 0 Å². The van der Waals surface area contributed by atoms with Crippen LogP contribution in [0.5, 0.6) is 0 Å². The lowest BCUT2D eigenvalue weighted by Gasteiger charge is -2.36. The molecule has 1 unspecified atom stereocenters. The van der Waals surface area contributed by atoms with Gasteiger partial charge in [-0.3, -0.25) is 9.59 Å². The van der Waals surface area contributed by atoms with E-state index < -0.39 is 0 Å². The van der Waals surface area contributed by atoms with E-state index in [4.69, 9.17) is 23.2 Å². The van der Waals surface area contributed by atoms with E-state index in [1.165, 1.54) is 11.8 Å². The Kier molecular flexibility index (Phi) is 7.86. The summed E-state index contributed by atoms with van der Waals surface area (Å²) in [5, 5.41) is 3.56. The van der Waals surface area contributed by atoms with E-state index in [1.54, 1.807) is 12.3 Å². The van der Waals surface area contributed by atoms with Gasteiger partial charge in [-0.15, -0.1) is 11.8 Å². The van der Waals surface area contributed by atoms with Gasteiger partial charge in [0.15, 0.2) is 0 Å². The van der Waals surface area contributed by atoms with E-state index in [2.05, 4.69) is 15.2 Å². The van der Waals surface area contributed by atoms with Crippen molar-refractivity contribution in [2.75, 3.05) is 42.1 Å². The molecular formula is C21H24Cl2N4O2S. The first-order chi connectivity index (χ1) is 14.3. The smallest absolute Gasteiger partial charge is 0.235 e. The van der Waals surface area contributed by atoms with Crippen LogP contribution in [0.2, 0.25) is 10.0 Å². The van der Waals surface area contributed by atoms with E-state index in [0.29, 0.717) is 42.0 Å². The van der Waals surface area contributed by atoms with Crippen LogP contribution >= 0.6 is 35.0 Å². The maximum absolute atomic E-state index is 12.8. The maximum Gasteiger partial charge on any atom is 0.235 e. The molecule has 1 N–H and O–H groups in total. The third-order valence-electron chi connectivity index (χ3n) is 4.83. The van der Waals surface area contributed by atoms with Gasteiger partial charge >= 0.3 is 0 Å². The number of rotatable bonds is 6. The van der Waals surface area contributed by atoms with Gasteiger partial charge in [0.05, 0.1) is 21.0 Å². The van der Waals surface area contributed by atoms with Gasteiger partial charge in [-0.25, -0.2) is 4.98 Å². The lowest BCUT2D eigenvalue weighted by molar-refractivity contribution is -0.130. The molecule has 1 aliphatic rings. The second kappa shape index (κ2) is 10.4. The van der Waals surface area contributed by atoms with Crippen molar-refractivity contribution in [3.63, 3.8) is 0 Å². The second-order valence-electron chi connectivity index (χ2n) is 7.14. The third-order valence-corrected chi connectivity index (χ3v) is 6.44. The van der Waals surface area contributed by atoms with Gasteiger partial charge in [0.1, 0.15) is 5.82 Å². The van der Waals surface area contributed by atoms with Crippen molar-refractivity contribution in [3.8, 4) is 0 Å². The van der Waals surface area contributed by atoms with Crippen molar-refractivity contribution >= 4 is 58.3 Å². The predicted molar refractivity (Wildman–Crippen MR) is 125 cm³/mol. The summed E-state index contributed by atoms with van der Waals surface area (Å²) in [7, 11) is 0. The molecular weight excluding hydrogens is 443 g/mol. The molecule has 160 valence electrons. The molecule has 3 rings (SSSR count). The number of nitrogens with one attached hydrogen (secondary N) is 1. The molecule has 9 heteroatoms. The zero-order chi connectivity index (χ0) is 21.7. The number of aryl methyl sites for hydroxylation is 1. The molecule has 0 spiro atoms. The summed E-state index contributed by atoms with van der Waals surface area (Å²) in [6.45, 7) is 6.29. The Bertz CT molecular complexity index is 902. The molecule has 0 aliphatic carbocycles. The van der Waals surface area contributed by atoms with Gasteiger partial charge in [0.2, 0.25) is 11.8 Å². The SMILES string of the molecule is Cc1ccc(NC(=O)CSC(C)C(=O)N2CCN(c3ncc(Cl)cc3Cl)CC2)cc1. The van der Waals surface area contributed by atoms with Crippen LogP contribution < -0.4 is 10.2 Å². The van der Waals surface area contributed by atoms with E-state index in [-0.39, 0.29) is 22.8 Å². The number of halogens is 2. The summed E-state index contributed by atoms with van der Waals surface area (Å²) in [6.07, 6.45) is 1.57. The molecule has 1 aliphatic heterocycles. The number of carbonyl (C=O) groups is 2. The van der Waals surface area contributed by atoms with Gasteiger partial charge in [-0.2, -0.15) is 0 Å². The van der Waals surface area contributed by atoms with Gasteiger partial charge in [-0.05, 0) is 32.0 Å². The lowest BCUT2D eigenvalue weighted by atomic mass is 10.2. The molecule has 0 saturated carbocycles. The quantitative estimate of drug-likeness (QED) is 0.693. The molecule has 0 bridgehead atoms. The van der Waals surface area contributed by atoms with Crippen molar-refractivity contribution < 1.29 is 9.59 Å². The number of thioether (sulfide) groups is 1. The average molecular weight is 467 g/mol. The molecule has 30 heavy (non-hydrogen) atoms. The molecule has 2 amide bonds. The van der Waals surface area contributed by atoms with Crippen molar-refractivity contribution in [3.05, 3.63) is 52.1 Å². The van der Waals surface area contributed by atoms with Crippen molar-refractivity contribution in [1.29, 1.82) is 0 Å².